The number of aromatic nitrogens is 3. The fourth-order valence-electron chi connectivity index (χ4n) is 2.51. The molecule has 24 heavy (non-hydrogen) atoms. The molecule has 126 valence electrons. The number of benzene rings is 1. The number of ether oxygens (including phenoxy) is 1. The average molecular weight is 328 g/mol. The molecule has 0 saturated carbocycles. The van der Waals surface area contributed by atoms with Crippen LogP contribution in [0.25, 0.3) is 0 Å². The van der Waals surface area contributed by atoms with E-state index in [1.54, 1.807) is 24.4 Å². The zero-order valence-electron chi connectivity index (χ0n) is 13.8. The van der Waals surface area contributed by atoms with E-state index >= 15 is 0 Å². The Morgan fingerprint density at radius 2 is 2.04 bits per heavy atom. The van der Waals surface area contributed by atoms with Gasteiger partial charge in [-0.3, -0.25) is 0 Å². The topological polar surface area (TPSA) is 83.5 Å². The molecule has 0 aliphatic carbocycles. The van der Waals surface area contributed by atoms with E-state index in [9.17, 15) is 4.79 Å². The molecule has 0 bridgehead atoms. The summed E-state index contributed by atoms with van der Waals surface area (Å²) in [5, 5.41) is 11.1. The third kappa shape index (κ3) is 3.77. The summed E-state index contributed by atoms with van der Waals surface area (Å²) in [7, 11) is 3.46. The van der Waals surface area contributed by atoms with Gasteiger partial charge < -0.3 is 19.9 Å². The van der Waals surface area contributed by atoms with E-state index in [2.05, 4.69) is 37.3 Å². The normalized spacial score (nSPS) is 15.2. The zero-order valence-corrected chi connectivity index (χ0v) is 13.8. The summed E-state index contributed by atoms with van der Waals surface area (Å²) in [4.78, 5) is 20.6. The second kappa shape index (κ2) is 7.22. The van der Waals surface area contributed by atoms with Gasteiger partial charge in [-0.15, -0.1) is 5.10 Å². The highest BCUT2D eigenvalue weighted by Gasteiger charge is 2.16. The second-order valence-corrected chi connectivity index (χ2v) is 5.63. The Morgan fingerprint density at radius 1 is 1.25 bits per heavy atom. The van der Waals surface area contributed by atoms with Gasteiger partial charge in [-0.05, 0) is 25.2 Å². The van der Waals surface area contributed by atoms with Crippen LogP contribution in [0.4, 0.5) is 17.5 Å². The molecule has 2 heterocycles. The largest absolute Gasteiger partial charge is 0.465 e. The Bertz CT molecular complexity index is 715. The molecule has 1 fully saturated rings. The number of rotatable bonds is 4. The number of esters is 1. The van der Waals surface area contributed by atoms with E-state index in [4.69, 9.17) is 4.74 Å². The minimum atomic E-state index is -0.385. The van der Waals surface area contributed by atoms with E-state index in [0.29, 0.717) is 17.2 Å². The van der Waals surface area contributed by atoms with Gasteiger partial charge in [0, 0.05) is 31.9 Å². The van der Waals surface area contributed by atoms with E-state index in [-0.39, 0.29) is 5.97 Å². The molecule has 1 saturated heterocycles. The third-order valence-corrected chi connectivity index (χ3v) is 3.91. The molecule has 0 unspecified atom stereocenters. The van der Waals surface area contributed by atoms with Crippen molar-refractivity contribution >= 4 is 23.4 Å². The van der Waals surface area contributed by atoms with Crippen molar-refractivity contribution in [3.63, 3.8) is 0 Å². The van der Waals surface area contributed by atoms with Crippen LogP contribution >= 0.6 is 0 Å². The Hall–Kier alpha value is -2.74. The van der Waals surface area contributed by atoms with E-state index in [1.807, 2.05) is 6.07 Å². The molecule has 0 radical (unpaired) electrons. The van der Waals surface area contributed by atoms with Gasteiger partial charge in [0.05, 0.1) is 18.9 Å². The second-order valence-electron chi connectivity index (χ2n) is 5.63. The molecule has 1 aliphatic rings. The van der Waals surface area contributed by atoms with Crippen LogP contribution in [0, 0.1) is 0 Å². The van der Waals surface area contributed by atoms with Gasteiger partial charge in [-0.1, -0.05) is 6.07 Å². The van der Waals surface area contributed by atoms with Crippen LogP contribution < -0.4 is 10.2 Å². The van der Waals surface area contributed by atoms with Crippen LogP contribution in [0.15, 0.2) is 30.5 Å². The molecule has 8 heteroatoms. The molecule has 8 nitrogen and oxygen atoms in total. The highest BCUT2D eigenvalue weighted by Crippen LogP contribution is 2.18. The Labute approximate surface area is 140 Å². The number of carbonyl (C=O) groups excluding carboxylic acids is 1. The summed E-state index contributed by atoms with van der Waals surface area (Å²) in [6.45, 7) is 3.81. The number of nitrogens with zero attached hydrogens (tertiary/aromatic N) is 5. The molecule has 0 spiro atoms. The number of carbonyl (C=O) groups is 1. The lowest BCUT2D eigenvalue weighted by atomic mass is 10.2. The maximum atomic E-state index is 11.6. The van der Waals surface area contributed by atoms with Gasteiger partial charge in [-0.25, -0.2) is 4.79 Å². The minimum Gasteiger partial charge on any atom is -0.465 e. The third-order valence-electron chi connectivity index (χ3n) is 3.91. The van der Waals surface area contributed by atoms with Crippen molar-refractivity contribution in [3.05, 3.63) is 36.0 Å². The number of hydrogen-bond acceptors (Lipinski definition) is 8. The van der Waals surface area contributed by atoms with Crippen molar-refractivity contribution in [1.29, 1.82) is 0 Å². The maximum Gasteiger partial charge on any atom is 0.337 e. The van der Waals surface area contributed by atoms with Gasteiger partial charge in [-0.2, -0.15) is 10.1 Å². The first kappa shape index (κ1) is 16.1. The van der Waals surface area contributed by atoms with Crippen molar-refractivity contribution in [2.24, 2.45) is 0 Å². The molecule has 1 N–H and O–H groups in total. The van der Waals surface area contributed by atoms with Gasteiger partial charge in [0.2, 0.25) is 5.95 Å². The summed E-state index contributed by atoms with van der Waals surface area (Å²) in [6.07, 6.45) is 1.67. The first-order valence-corrected chi connectivity index (χ1v) is 7.74. The molecule has 1 aromatic heterocycles. The van der Waals surface area contributed by atoms with E-state index in [1.165, 1.54) is 7.11 Å². The predicted molar refractivity (Wildman–Crippen MR) is 90.6 cm³/mol. The summed E-state index contributed by atoms with van der Waals surface area (Å²) in [6, 6.07) is 6.99. The zero-order chi connectivity index (χ0) is 16.9. The van der Waals surface area contributed by atoms with Crippen LogP contribution in [0.3, 0.4) is 0 Å². The van der Waals surface area contributed by atoms with Crippen LogP contribution in [-0.4, -0.2) is 66.4 Å². The molecule has 0 amide bonds. The van der Waals surface area contributed by atoms with Gasteiger partial charge in [0.15, 0.2) is 5.82 Å². The molecule has 0 atom stereocenters. The van der Waals surface area contributed by atoms with E-state index < -0.39 is 0 Å². The average Bonchev–Trinajstić information content (AvgIpc) is 2.62. The summed E-state index contributed by atoms with van der Waals surface area (Å²) in [5.74, 6) is 0.807. The van der Waals surface area contributed by atoms with E-state index in [0.717, 1.165) is 32.0 Å². The number of likely N-dealkylation sites (N-methyl/N-ethyl adjacent to an activating group) is 1. The minimum absolute atomic E-state index is 0.385. The monoisotopic (exact) mass is 328 g/mol. The first-order chi connectivity index (χ1) is 11.7. The highest BCUT2D eigenvalue weighted by atomic mass is 16.5. The number of hydrogen-bond donors (Lipinski definition) is 1. The summed E-state index contributed by atoms with van der Waals surface area (Å²) in [5.41, 5.74) is 1.17. The molecule has 2 aromatic rings. The Balaban J connectivity index is 1.74. The van der Waals surface area contributed by atoms with Crippen LogP contribution in [0.5, 0.6) is 0 Å². The maximum absolute atomic E-state index is 11.6. The SMILES string of the molecule is COC(=O)c1cccc(Nc2nncc(N3CCN(C)CC3)n2)c1. The lowest BCUT2D eigenvalue weighted by Crippen LogP contribution is -2.44. The van der Waals surface area contributed by atoms with Crippen molar-refractivity contribution in [2.75, 3.05) is 50.6 Å². The van der Waals surface area contributed by atoms with Crippen molar-refractivity contribution in [3.8, 4) is 0 Å². The summed E-state index contributed by atoms with van der Waals surface area (Å²) < 4.78 is 4.73. The van der Waals surface area contributed by atoms with Crippen molar-refractivity contribution in [1.82, 2.24) is 20.1 Å². The smallest absolute Gasteiger partial charge is 0.337 e. The lowest BCUT2D eigenvalue weighted by molar-refractivity contribution is 0.0601. The molecule has 1 aromatic carbocycles. The standard InChI is InChI=1S/C16H20N6O2/c1-21-6-8-22(9-7-21)14-11-17-20-16(19-14)18-13-5-3-4-12(10-13)15(23)24-2/h3-5,10-11H,6-9H2,1-2H3,(H,18,19,20). The first-order valence-electron chi connectivity index (χ1n) is 7.74. The number of methoxy groups -OCH3 is 1. The fourth-order valence-corrected chi connectivity index (χ4v) is 2.51. The van der Waals surface area contributed by atoms with Gasteiger partial charge >= 0.3 is 5.97 Å². The molecule has 3 rings (SSSR count). The predicted octanol–water partition coefficient (Wildman–Crippen LogP) is 1.15. The highest BCUT2D eigenvalue weighted by molar-refractivity contribution is 5.90. The molecular formula is C16H20N6O2. The summed E-state index contributed by atoms with van der Waals surface area (Å²) >= 11 is 0. The van der Waals surface area contributed by atoms with Crippen molar-refractivity contribution in [2.45, 2.75) is 0 Å². The van der Waals surface area contributed by atoms with Gasteiger partial charge in [0.25, 0.3) is 0 Å². The lowest BCUT2D eigenvalue weighted by Gasteiger charge is -2.32. The molecular weight excluding hydrogens is 308 g/mol. The quantitative estimate of drug-likeness (QED) is 0.837. The van der Waals surface area contributed by atoms with Crippen LogP contribution in [0.1, 0.15) is 10.4 Å². The van der Waals surface area contributed by atoms with Crippen LogP contribution in [-0.2, 0) is 4.74 Å². The number of nitrogens with one attached hydrogen (secondary N) is 1. The molecule has 1 aliphatic heterocycles. The number of anilines is 3. The van der Waals surface area contributed by atoms with Gasteiger partial charge in [0.1, 0.15) is 0 Å². The fraction of sp³-hybridized carbons (Fsp3) is 0.375. The Kier molecular flexibility index (Phi) is 4.85. The number of piperazine rings is 1. The Morgan fingerprint density at radius 3 is 2.79 bits per heavy atom. The van der Waals surface area contributed by atoms with Crippen LogP contribution in [0.2, 0.25) is 0 Å². The van der Waals surface area contributed by atoms with Crippen molar-refractivity contribution < 1.29 is 9.53 Å².